The molecule has 0 amide bonds. The molecule has 1 rings (SSSR count). The Morgan fingerprint density at radius 1 is 1.30 bits per heavy atom. The topological polar surface area (TPSA) is 21.3 Å². The first-order chi connectivity index (χ1) is 9.52. The van der Waals surface area contributed by atoms with E-state index in [-0.39, 0.29) is 17.5 Å². The number of methoxy groups -OCH3 is 1. The first-order valence-electron chi connectivity index (χ1n) is 7.19. The molecular weight excluding hydrogens is 260 g/mol. The molecule has 2 unspecified atom stereocenters. The number of benzene rings is 1. The van der Waals surface area contributed by atoms with Crippen molar-refractivity contribution in [3.63, 3.8) is 0 Å². The van der Waals surface area contributed by atoms with Crippen LogP contribution in [0.3, 0.4) is 0 Å². The van der Waals surface area contributed by atoms with Crippen molar-refractivity contribution in [2.45, 2.75) is 39.7 Å². The summed E-state index contributed by atoms with van der Waals surface area (Å²) in [5.74, 6) is -0.832. The largest absolute Gasteiger partial charge is 0.385 e. The third-order valence-electron chi connectivity index (χ3n) is 3.59. The first kappa shape index (κ1) is 17.1. The molecule has 1 aromatic carbocycles. The third-order valence-corrected chi connectivity index (χ3v) is 3.59. The fraction of sp³-hybridized carbons (Fsp3) is 0.625. The summed E-state index contributed by atoms with van der Waals surface area (Å²) in [4.78, 5) is 0. The molecule has 0 aliphatic rings. The van der Waals surface area contributed by atoms with E-state index in [1.54, 1.807) is 14.0 Å². The zero-order valence-electron chi connectivity index (χ0n) is 12.8. The van der Waals surface area contributed by atoms with Gasteiger partial charge in [0, 0.05) is 25.3 Å². The smallest absolute Gasteiger partial charge is 0.133 e. The lowest BCUT2D eigenvalue weighted by atomic mass is 9.90. The van der Waals surface area contributed by atoms with E-state index in [1.807, 2.05) is 13.8 Å². The van der Waals surface area contributed by atoms with Gasteiger partial charge in [0.1, 0.15) is 11.6 Å². The van der Waals surface area contributed by atoms with Crippen LogP contribution < -0.4 is 5.32 Å². The number of nitrogens with one attached hydrogen (secondary N) is 1. The van der Waals surface area contributed by atoms with Gasteiger partial charge in [0.25, 0.3) is 0 Å². The summed E-state index contributed by atoms with van der Waals surface area (Å²) >= 11 is 0. The van der Waals surface area contributed by atoms with Crippen molar-refractivity contribution in [1.29, 1.82) is 0 Å². The average Bonchev–Trinajstić information content (AvgIpc) is 2.44. The van der Waals surface area contributed by atoms with Crippen LogP contribution in [0.25, 0.3) is 0 Å². The standard InChI is InChI=1S/C16H25F2NO/c1-5-9-19-16(12(3)8-10-20-4)14-13(17)7-6-11(2)15(14)18/h6-7,12,16,19H,5,8-10H2,1-4H3. The molecule has 20 heavy (non-hydrogen) atoms. The number of ether oxygens (including phenoxy) is 1. The van der Waals surface area contributed by atoms with Crippen LogP contribution in [0.15, 0.2) is 12.1 Å². The molecule has 114 valence electrons. The van der Waals surface area contributed by atoms with Gasteiger partial charge in [-0.05, 0) is 43.9 Å². The van der Waals surface area contributed by atoms with Gasteiger partial charge in [-0.3, -0.25) is 0 Å². The first-order valence-corrected chi connectivity index (χ1v) is 7.19. The van der Waals surface area contributed by atoms with Gasteiger partial charge < -0.3 is 10.1 Å². The Kier molecular flexibility index (Phi) is 7.10. The molecule has 1 N–H and O–H groups in total. The van der Waals surface area contributed by atoms with Crippen molar-refractivity contribution in [3.8, 4) is 0 Å². The van der Waals surface area contributed by atoms with E-state index in [1.165, 1.54) is 12.1 Å². The molecule has 1 aromatic rings. The quantitative estimate of drug-likeness (QED) is 0.780. The van der Waals surface area contributed by atoms with Gasteiger partial charge >= 0.3 is 0 Å². The molecule has 0 aliphatic carbocycles. The zero-order chi connectivity index (χ0) is 15.1. The van der Waals surface area contributed by atoms with Crippen LogP contribution in [0.2, 0.25) is 0 Å². The maximum absolute atomic E-state index is 14.3. The lowest BCUT2D eigenvalue weighted by Gasteiger charge is -2.27. The van der Waals surface area contributed by atoms with Gasteiger partial charge in [-0.2, -0.15) is 0 Å². The Labute approximate surface area is 120 Å². The van der Waals surface area contributed by atoms with Gasteiger partial charge in [-0.1, -0.05) is 19.9 Å². The van der Waals surface area contributed by atoms with Crippen molar-refractivity contribution in [3.05, 3.63) is 34.9 Å². The van der Waals surface area contributed by atoms with E-state index < -0.39 is 11.6 Å². The van der Waals surface area contributed by atoms with Crippen molar-refractivity contribution >= 4 is 0 Å². The number of rotatable bonds is 8. The van der Waals surface area contributed by atoms with E-state index >= 15 is 0 Å². The Morgan fingerprint density at radius 2 is 2.00 bits per heavy atom. The highest BCUT2D eigenvalue weighted by Gasteiger charge is 2.25. The predicted molar refractivity (Wildman–Crippen MR) is 77.8 cm³/mol. The highest BCUT2D eigenvalue weighted by Crippen LogP contribution is 2.30. The fourth-order valence-electron chi connectivity index (χ4n) is 2.32. The summed E-state index contributed by atoms with van der Waals surface area (Å²) < 4.78 is 33.5. The summed E-state index contributed by atoms with van der Waals surface area (Å²) in [6, 6.07) is 2.49. The molecule has 0 spiro atoms. The van der Waals surface area contributed by atoms with Gasteiger partial charge in [0.15, 0.2) is 0 Å². The molecule has 0 fully saturated rings. The Hall–Kier alpha value is -1.00. The molecule has 0 bridgehead atoms. The molecule has 0 saturated carbocycles. The van der Waals surface area contributed by atoms with E-state index in [2.05, 4.69) is 5.32 Å². The van der Waals surface area contributed by atoms with Crippen LogP contribution in [0.4, 0.5) is 8.78 Å². The maximum Gasteiger partial charge on any atom is 0.133 e. The number of hydrogen-bond acceptors (Lipinski definition) is 2. The second-order valence-electron chi connectivity index (χ2n) is 5.28. The normalized spacial score (nSPS) is 14.3. The minimum Gasteiger partial charge on any atom is -0.385 e. The molecule has 2 nitrogen and oxygen atoms in total. The van der Waals surface area contributed by atoms with Gasteiger partial charge in [-0.25, -0.2) is 8.78 Å². The molecule has 0 aromatic heterocycles. The van der Waals surface area contributed by atoms with E-state index in [4.69, 9.17) is 4.74 Å². The van der Waals surface area contributed by atoms with Gasteiger partial charge in [0.05, 0.1) is 0 Å². The van der Waals surface area contributed by atoms with Crippen molar-refractivity contribution in [2.24, 2.45) is 5.92 Å². The zero-order valence-corrected chi connectivity index (χ0v) is 12.8. The van der Waals surface area contributed by atoms with Crippen LogP contribution in [-0.2, 0) is 4.74 Å². The van der Waals surface area contributed by atoms with Crippen molar-refractivity contribution < 1.29 is 13.5 Å². The third kappa shape index (κ3) is 4.25. The fourth-order valence-corrected chi connectivity index (χ4v) is 2.32. The minimum absolute atomic E-state index is 0.0901. The molecule has 0 radical (unpaired) electrons. The summed E-state index contributed by atoms with van der Waals surface area (Å²) in [5, 5.41) is 3.27. The van der Waals surface area contributed by atoms with Crippen LogP contribution >= 0.6 is 0 Å². The van der Waals surface area contributed by atoms with Gasteiger partial charge in [-0.15, -0.1) is 0 Å². The highest BCUT2D eigenvalue weighted by molar-refractivity contribution is 5.29. The maximum atomic E-state index is 14.3. The molecule has 2 atom stereocenters. The summed E-state index contributed by atoms with van der Waals surface area (Å²) in [5.41, 5.74) is 0.630. The number of hydrogen-bond donors (Lipinski definition) is 1. The lowest BCUT2D eigenvalue weighted by molar-refractivity contribution is 0.169. The SMILES string of the molecule is CCCNC(c1c(F)ccc(C)c1F)C(C)CCOC. The van der Waals surface area contributed by atoms with Crippen molar-refractivity contribution in [1.82, 2.24) is 5.32 Å². The van der Waals surface area contributed by atoms with Crippen LogP contribution in [0, 0.1) is 24.5 Å². The Balaban J connectivity index is 3.06. The van der Waals surface area contributed by atoms with E-state index in [0.29, 0.717) is 12.2 Å². The summed E-state index contributed by atoms with van der Waals surface area (Å²) in [7, 11) is 1.63. The summed E-state index contributed by atoms with van der Waals surface area (Å²) in [6.07, 6.45) is 1.67. The lowest BCUT2D eigenvalue weighted by Crippen LogP contribution is -2.30. The highest BCUT2D eigenvalue weighted by atomic mass is 19.1. The Bertz CT molecular complexity index is 423. The van der Waals surface area contributed by atoms with Crippen LogP contribution in [0.5, 0.6) is 0 Å². The van der Waals surface area contributed by atoms with E-state index in [0.717, 1.165) is 19.4 Å². The molecule has 4 heteroatoms. The van der Waals surface area contributed by atoms with Crippen molar-refractivity contribution in [2.75, 3.05) is 20.3 Å². The van der Waals surface area contributed by atoms with Crippen LogP contribution in [0.1, 0.15) is 43.9 Å². The molecular formula is C16H25F2NO. The number of halogens is 2. The number of aryl methyl sites for hydroxylation is 1. The minimum atomic E-state index is -0.481. The van der Waals surface area contributed by atoms with E-state index in [9.17, 15) is 8.78 Å². The average molecular weight is 285 g/mol. The summed E-state index contributed by atoms with van der Waals surface area (Å²) in [6.45, 7) is 7.00. The van der Waals surface area contributed by atoms with Gasteiger partial charge in [0.2, 0.25) is 0 Å². The molecule has 0 aliphatic heterocycles. The van der Waals surface area contributed by atoms with Crippen LogP contribution in [-0.4, -0.2) is 20.3 Å². The Morgan fingerprint density at radius 3 is 2.60 bits per heavy atom. The molecule has 0 heterocycles. The molecule has 0 saturated heterocycles. The predicted octanol–water partition coefficient (Wildman–Crippen LogP) is 3.99. The second kappa shape index (κ2) is 8.32. The monoisotopic (exact) mass is 285 g/mol. The second-order valence-corrected chi connectivity index (χ2v) is 5.28.